The van der Waals surface area contributed by atoms with Gasteiger partial charge in [-0.2, -0.15) is 0 Å². The molecule has 2 aromatic carbocycles. The zero-order valence-electron chi connectivity index (χ0n) is 27.7. The topological polar surface area (TPSA) is 6.48 Å². The van der Waals surface area contributed by atoms with Crippen LogP contribution in [0.4, 0.5) is 11.4 Å². The fourth-order valence-corrected chi connectivity index (χ4v) is 11.1. The lowest BCUT2D eigenvalue weighted by molar-refractivity contribution is 0.147. The molecule has 0 N–H and O–H groups in total. The zero-order chi connectivity index (χ0) is 31.1. The molecule has 3 heteroatoms. The van der Waals surface area contributed by atoms with Crippen LogP contribution in [0.3, 0.4) is 0 Å². The number of anilines is 2. The molecule has 0 aromatic heterocycles. The van der Waals surface area contributed by atoms with Crippen LogP contribution in [0.1, 0.15) is 76.2 Å². The molecule has 0 saturated carbocycles. The van der Waals surface area contributed by atoms with Crippen molar-refractivity contribution >= 4 is 29.0 Å². The van der Waals surface area contributed by atoms with E-state index in [1.54, 1.807) is 33.5 Å². The predicted octanol–water partition coefficient (Wildman–Crippen LogP) is 8.97. The molecule has 5 aliphatic carbocycles. The van der Waals surface area contributed by atoms with Crippen LogP contribution in [0.2, 0.25) is 0 Å². The summed E-state index contributed by atoms with van der Waals surface area (Å²) in [6.45, 7) is 2.97. The van der Waals surface area contributed by atoms with Gasteiger partial charge in [-0.05, 0) is 109 Å². The minimum absolute atomic E-state index is 0.0486. The Hall–Kier alpha value is -3.98. The van der Waals surface area contributed by atoms with E-state index < -0.39 is 0 Å². The van der Waals surface area contributed by atoms with Gasteiger partial charge >= 0.3 is 0 Å². The first-order valence-corrected chi connectivity index (χ1v) is 18.5. The highest BCUT2D eigenvalue weighted by molar-refractivity contribution is 6.94. The van der Waals surface area contributed by atoms with Gasteiger partial charge in [0.15, 0.2) is 0 Å². The molecular formula is C44H45BN2. The molecule has 0 spiro atoms. The first-order valence-electron chi connectivity index (χ1n) is 18.5. The normalized spacial score (nSPS) is 30.7. The average Bonchev–Trinajstić information content (AvgIpc) is 3.49. The minimum atomic E-state index is 0.0486. The Morgan fingerprint density at radius 2 is 1.68 bits per heavy atom. The first kappa shape index (κ1) is 28.1. The Kier molecular flexibility index (Phi) is 6.44. The molecule has 47 heavy (non-hydrogen) atoms. The maximum atomic E-state index is 2.96. The van der Waals surface area contributed by atoms with Crippen molar-refractivity contribution in [2.45, 2.75) is 82.7 Å². The molecule has 0 radical (unpaired) electrons. The number of nitrogens with zero attached hydrogens (tertiary/aromatic N) is 2. The van der Waals surface area contributed by atoms with Crippen LogP contribution in [-0.4, -0.2) is 18.8 Å². The Balaban J connectivity index is 1.23. The summed E-state index contributed by atoms with van der Waals surface area (Å²) in [7, 11) is 0. The van der Waals surface area contributed by atoms with Gasteiger partial charge in [0.2, 0.25) is 6.71 Å². The van der Waals surface area contributed by atoms with E-state index in [4.69, 9.17) is 0 Å². The van der Waals surface area contributed by atoms with Crippen molar-refractivity contribution in [3.63, 3.8) is 0 Å². The average molecular weight is 613 g/mol. The fraction of sp³-hybridized carbons (Fsp3) is 0.364. The lowest BCUT2D eigenvalue weighted by Gasteiger charge is -2.56. The number of benzene rings is 2. The molecule has 6 atom stereocenters. The highest BCUT2D eigenvalue weighted by Crippen LogP contribution is 2.59. The molecule has 6 unspecified atom stereocenters. The van der Waals surface area contributed by atoms with Crippen molar-refractivity contribution in [2.75, 3.05) is 9.80 Å². The number of hydrogen-bond donors (Lipinski definition) is 0. The summed E-state index contributed by atoms with van der Waals surface area (Å²) in [5.41, 5.74) is 13.9. The van der Waals surface area contributed by atoms with Crippen LogP contribution in [-0.2, 0) is 0 Å². The highest BCUT2D eigenvalue weighted by atomic mass is 15.2. The van der Waals surface area contributed by atoms with Gasteiger partial charge in [0.05, 0.1) is 6.04 Å². The van der Waals surface area contributed by atoms with Crippen molar-refractivity contribution in [1.82, 2.24) is 0 Å². The SMILES string of the molecule is CC(C1=CCCC=C1)(C1C=CC=CC1)C1CC2=C3B(c4ccccc4N2C2=CCCC=C2)c2cccc4c2N(C3C1)C1C=CCCC41. The minimum Gasteiger partial charge on any atom is -0.359 e. The lowest BCUT2D eigenvalue weighted by atomic mass is 9.30. The summed E-state index contributed by atoms with van der Waals surface area (Å²) in [6, 6.07) is 17.6. The van der Waals surface area contributed by atoms with Gasteiger partial charge in [0.25, 0.3) is 0 Å². The van der Waals surface area contributed by atoms with Gasteiger partial charge in [-0.1, -0.05) is 110 Å². The summed E-state index contributed by atoms with van der Waals surface area (Å²) in [4.78, 5) is 5.69. The van der Waals surface area contributed by atoms with Crippen LogP contribution >= 0.6 is 0 Å². The summed E-state index contributed by atoms with van der Waals surface area (Å²) in [5, 5.41) is 0. The van der Waals surface area contributed by atoms with Crippen molar-refractivity contribution in [3.05, 3.63) is 143 Å². The van der Waals surface area contributed by atoms with Crippen LogP contribution in [0, 0.1) is 17.3 Å². The summed E-state index contributed by atoms with van der Waals surface area (Å²) < 4.78 is 0. The third-order valence-electron chi connectivity index (χ3n) is 13.3. The maximum absolute atomic E-state index is 2.96. The Bertz CT molecular complexity index is 1900. The Labute approximate surface area is 281 Å². The van der Waals surface area contributed by atoms with Crippen LogP contribution in [0.5, 0.6) is 0 Å². The molecule has 0 fully saturated rings. The molecule has 234 valence electrons. The second kappa shape index (κ2) is 10.8. The molecule has 3 heterocycles. The number of hydrogen-bond acceptors (Lipinski definition) is 2. The maximum Gasteiger partial charge on any atom is 0.246 e. The summed E-state index contributed by atoms with van der Waals surface area (Å²) >= 11 is 0. The van der Waals surface area contributed by atoms with E-state index in [-0.39, 0.29) is 5.41 Å². The van der Waals surface area contributed by atoms with Gasteiger partial charge in [-0.25, -0.2) is 0 Å². The van der Waals surface area contributed by atoms with Crippen LogP contribution < -0.4 is 20.7 Å². The fourth-order valence-electron chi connectivity index (χ4n) is 11.1. The lowest BCUT2D eigenvalue weighted by Crippen LogP contribution is -2.64. The van der Waals surface area contributed by atoms with Gasteiger partial charge in [0, 0.05) is 40.1 Å². The quantitative estimate of drug-likeness (QED) is 0.251. The first-order chi connectivity index (χ1) is 23.2. The molecule has 2 nitrogen and oxygen atoms in total. The molecular weight excluding hydrogens is 567 g/mol. The standard InChI is InChI=1S/C44H45BN2/c1-44(30-16-5-2-6-17-30,31-18-7-3-8-19-31)32-28-40-42-41(29-32)47-38-26-13-11-22-34(38)35-23-15-25-37(43(35)47)45(42)36-24-12-14-27-39(36)46(40)33-20-9-4-10-21-33/h2,5-7,9,12-16,18-21,23-27,30,32,34,38,41H,3-4,8,10-11,17,22,28-29H2,1H3. The number of rotatable bonds is 4. The van der Waals surface area contributed by atoms with E-state index in [0.717, 1.165) is 38.5 Å². The predicted molar refractivity (Wildman–Crippen MR) is 199 cm³/mol. The Morgan fingerprint density at radius 1 is 0.809 bits per heavy atom. The van der Waals surface area contributed by atoms with E-state index in [0.29, 0.717) is 36.6 Å². The van der Waals surface area contributed by atoms with Crippen LogP contribution in [0.15, 0.2) is 138 Å². The third-order valence-corrected chi connectivity index (χ3v) is 13.3. The molecule has 0 saturated heterocycles. The molecule has 0 bridgehead atoms. The van der Waals surface area contributed by atoms with Gasteiger partial charge in [-0.15, -0.1) is 0 Å². The largest absolute Gasteiger partial charge is 0.359 e. The second-order valence-electron chi connectivity index (χ2n) is 15.4. The smallest absolute Gasteiger partial charge is 0.246 e. The molecule has 3 aliphatic heterocycles. The van der Waals surface area contributed by atoms with Crippen molar-refractivity contribution in [1.29, 1.82) is 0 Å². The molecule has 0 amide bonds. The number of para-hydroxylation sites is 2. The second-order valence-corrected chi connectivity index (χ2v) is 15.4. The number of allylic oxidation sites excluding steroid dienone is 13. The Morgan fingerprint density at radius 3 is 2.51 bits per heavy atom. The number of fused-ring (bicyclic) bond motifs is 7. The van der Waals surface area contributed by atoms with Crippen molar-refractivity contribution < 1.29 is 0 Å². The zero-order valence-corrected chi connectivity index (χ0v) is 27.7. The van der Waals surface area contributed by atoms with Gasteiger partial charge in [0.1, 0.15) is 0 Å². The van der Waals surface area contributed by atoms with Gasteiger partial charge in [-0.3, -0.25) is 0 Å². The van der Waals surface area contributed by atoms with E-state index in [9.17, 15) is 0 Å². The third kappa shape index (κ3) is 3.98. The highest BCUT2D eigenvalue weighted by Gasteiger charge is 2.57. The van der Waals surface area contributed by atoms with Gasteiger partial charge < -0.3 is 9.80 Å². The van der Waals surface area contributed by atoms with Crippen molar-refractivity contribution in [3.8, 4) is 0 Å². The van der Waals surface area contributed by atoms with E-state index >= 15 is 0 Å². The van der Waals surface area contributed by atoms with E-state index in [2.05, 4.69) is 132 Å². The van der Waals surface area contributed by atoms with Crippen molar-refractivity contribution in [2.24, 2.45) is 17.3 Å². The molecule has 2 aromatic rings. The van der Waals surface area contributed by atoms with E-state index in [1.807, 2.05) is 0 Å². The molecule has 8 aliphatic rings. The summed E-state index contributed by atoms with van der Waals surface area (Å²) in [5.74, 6) is 1.61. The summed E-state index contributed by atoms with van der Waals surface area (Å²) in [6.07, 6.45) is 40.0. The van der Waals surface area contributed by atoms with E-state index in [1.165, 1.54) is 36.1 Å². The monoisotopic (exact) mass is 612 g/mol. The van der Waals surface area contributed by atoms with Crippen LogP contribution in [0.25, 0.3) is 0 Å². The molecule has 10 rings (SSSR count).